The van der Waals surface area contributed by atoms with Crippen LogP contribution in [0.1, 0.15) is 36.0 Å². The molecule has 1 aliphatic carbocycles. The fourth-order valence-corrected chi connectivity index (χ4v) is 6.90. The Labute approximate surface area is 180 Å². The van der Waals surface area contributed by atoms with Gasteiger partial charge in [-0.25, -0.2) is 8.42 Å². The van der Waals surface area contributed by atoms with Gasteiger partial charge in [-0.05, 0) is 42.8 Å². The van der Waals surface area contributed by atoms with Crippen LogP contribution in [0.15, 0.2) is 27.5 Å². The van der Waals surface area contributed by atoms with E-state index < -0.39 is 10.0 Å². The molecule has 10 heteroatoms. The lowest BCUT2D eigenvalue weighted by molar-refractivity contribution is -0.136. The molecule has 5 rings (SSSR count). The van der Waals surface area contributed by atoms with Gasteiger partial charge in [-0.2, -0.15) is 0 Å². The molecule has 2 fully saturated rings. The van der Waals surface area contributed by atoms with E-state index in [2.05, 4.69) is 4.40 Å². The highest BCUT2D eigenvalue weighted by Gasteiger charge is 2.34. The van der Waals surface area contributed by atoms with Gasteiger partial charge in [0.1, 0.15) is 0 Å². The highest BCUT2D eigenvalue weighted by molar-refractivity contribution is 8.15. The van der Waals surface area contributed by atoms with Crippen molar-refractivity contribution in [2.24, 2.45) is 10.3 Å². The summed E-state index contributed by atoms with van der Waals surface area (Å²) in [6.07, 6.45) is 4.27. The first-order chi connectivity index (χ1) is 14.4. The van der Waals surface area contributed by atoms with Gasteiger partial charge in [0.05, 0.1) is 11.4 Å². The molecule has 0 N–H and O–H groups in total. The Morgan fingerprint density at radius 3 is 2.43 bits per heavy atom. The van der Waals surface area contributed by atoms with Crippen molar-refractivity contribution < 1.29 is 18.0 Å². The van der Waals surface area contributed by atoms with Crippen molar-refractivity contribution >= 4 is 44.5 Å². The van der Waals surface area contributed by atoms with Gasteiger partial charge in [-0.3, -0.25) is 9.59 Å². The van der Waals surface area contributed by atoms with Crippen LogP contribution in [0.5, 0.6) is 0 Å². The Balaban J connectivity index is 1.26. The number of amides is 2. The minimum Gasteiger partial charge on any atom is -0.339 e. The van der Waals surface area contributed by atoms with Gasteiger partial charge in [-0.15, -0.1) is 4.40 Å². The number of thioether (sulfide) groups is 1. The van der Waals surface area contributed by atoms with Crippen LogP contribution in [0.3, 0.4) is 0 Å². The molecule has 160 valence electrons. The number of amidine groups is 1. The van der Waals surface area contributed by atoms with Gasteiger partial charge >= 0.3 is 0 Å². The second-order valence-corrected chi connectivity index (χ2v) is 11.0. The van der Waals surface area contributed by atoms with Gasteiger partial charge in [-0.1, -0.05) is 12.8 Å². The van der Waals surface area contributed by atoms with E-state index >= 15 is 0 Å². The van der Waals surface area contributed by atoms with E-state index in [1.165, 1.54) is 11.8 Å². The minimum absolute atomic E-state index is 0.00103. The van der Waals surface area contributed by atoms with Crippen molar-refractivity contribution in [1.82, 2.24) is 9.80 Å². The third-order valence-electron chi connectivity index (χ3n) is 6.30. The van der Waals surface area contributed by atoms with Gasteiger partial charge in [0.2, 0.25) is 5.91 Å². The van der Waals surface area contributed by atoms with Crippen LogP contribution in [0.25, 0.3) is 0 Å². The zero-order chi connectivity index (χ0) is 20.9. The molecule has 4 aliphatic rings. The lowest BCUT2D eigenvalue weighted by Gasteiger charge is -2.36. The highest BCUT2D eigenvalue weighted by atomic mass is 32.2. The molecule has 1 saturated carbocycles. The highest BCUT2D eigenvalue weighted by Crippen LogP contribution is 2.42. The van der Waals surface area contributed by atoms with Crippen LogP contribution in [-0.2, 0) is 14.8 Å². The number of carbonyl (C=O) groups is 2. The normalized spacial score (nSPS) is 23.2. The van der Waals surface area contributed by atoms with Crippen LogP contribution in [0.4, 0.5) is 5.69 Å². The van der Waals surface area contributed by atoms with Crippen molar-refractivity contribution in [3.05, 3.63) is 23.8 Å². The molecule has 30 heavy (non-hydrogen) atoms. The fraction of sp³-hybridized carbons (Fsp3) is 0.550. The van der Waals surface area contributed by atoms with Gasteiger partial charge in [0, 0.05) is 49.1 Å². The number of rotatable bonds is 2. The summed E-state index contributed by atoms with van der Waals surface area (Å²) in [6, 6.07) is 5.49. The molecule has 0 aromatic heterocycles. The summed E-state index contributed by atoms with van der Waals surface area (Å²) in [7, 11) is -3.40. The quantitative estimate of drug-likeness (QED) is 0.685. The largest absolute Gasteiger partial charge is 0.339 e. The van der Waals surface area contributed by atoms with E-state index in [-0.39, 0.29) is 23.5 Å². The molecule has 1 aromatic rings. The van der Waals surface area contributed by atoms with Crippen LogP contribution in [0, 0.1) is 5.92 Å². The third kappa shape index (κ3) is 3.60. The van der Waals surface area contributed by atoms with Crippen LogP contribution < -0.4 is 4.90 Å². The number of hydrogen-bond acceptors (Lipinski definition) is 6. The number of piperazine rings is 1. The Bertz CT molecular complexity index is 1030. The Morgan fingerprint density at radius 1 is 1.00 bits per heavy atom. The summed E-state index contributed by atoms with van der Waals surface area (Å²) in [5.41, 5.74) is 1.48. The lowest BCUT2D eigenvalue weighted by atomic mass is 10.1. The molecule has 0 bridgehead atoms. The number of benzene rings is 1. The fourth-order valence-electron chi connectivity index (χ4n) is 4.61. The van der Waals surface area contributed by atoms with Crippen LogP contribution in [-0.4, -0.2) is 73.7 Å². The molecule has 1 saturated heterocycles. The van der Waals surface area contributed by atoms with E-state index in [0.29, 0.717) is 43.5 Å². The summed E-state index contributed by atoms with van der Waals surface area (Å²) in [5, 5.41) is 0.458. The summed E-state index contributed by atoms with van der Waals surface area (Å²) in [6.45, 7) is 2.63. The predicted octanol–water partition coefficient (Wildman–Crippen LogP) is 1.77. The average molecular weight is 449 g/mol. The summed E-state index contributed by atoms with van der Waals surface area (Å²) >= 11 is 1.29. The maximum atomic E-state index is 13.0. The molecule has 0 spiro atoms. The first kappa shape index (κ1) is 19.9. The number of nitrogens with zero attached hydrogens (tertiary/aromatic N) is 4. The smallest absolute Gasteiger partial charge is 0.257 e. The molecule has 3 aliphatic heterocycles. The second-order valence-electron chi connectivity index (χ2n) is 8.19. The molecule has 1 aromatic carbocycles. The zero-order valence-electron chi connectivity index (χ0n) is 16.6. The molecule has 0 unspecified atom stereocenters. The van der Waals surface area contributed by atoms with Gasteiger partial charge < -0.3 is 14.7 Å². The number of sulfonamides is 1. The third-order valence-corrected chi connectivity index (χ3v) is 8.61. The number of carbonyl (C=O) groups excluding carboxylic acids is 2. The minimum atomic E-state index is -3.40. The van der Waals surface area contributed by atoms with Crippen LogP contribution in [0.2, 0.25) is 0 Å². The maximum absolute atomic E-state index is 13.0. The molecule has 3 heterocycles. The first-order valence-electron chi connectivity index (χ1n) is 10.4. The molecule has 2 amide bonds. The Morgan fingerprint density at radius 2 is 1.70 bits per heavy atom. The second kappa shape index (κ2) is 7.56. The molecular weight excluding hydrogens is 424 g/mol. The SMILES string of the molecule is O=C(c1ccc2c(c1)SC1=NS(=O)(=O)CCN12)N1CCN(C(=O)C2CCCC2)CC1. The van der Waals surface area contributed by atoms with Crippen LogP contribution >= 0.6 is 11.8 Å². The topological polar surface area (TPSA) is 90.4 Å². The van der Waals surface area contributed by atoms with E-state index in [1.807, 2.05) is 21.9 Å². The van der Waals surface area contributed by atoms with Crippen molar-refractivity contribution in [2.45, 2.75) is 30.6 Å². The number of anilines is 1. The number of hydrogen-bond donors (Lipinski definition) is 0. The summed E-state index contributed by atoms with van der Waals surface area (Å²) < 4.78 is 27.4. The van der Waals surface area contributed by atoms with Crippen molar-refractivity contribution in [3.8, 4) is 0 Å². The van der Waals surface area contributed by atoms with Crippen molar-refractivity contribution in [3.63, 3.8) is 0 Å². The van der Waals surface area contributed by atoms with E-state index in [0.717, 1.165) is 36.3 Å². The standard InChI is InChI=1S/C20H24N4O4S2/c25-18(14-3-1-2-4-14)22-7-9-23(10-8-22)19(26)15-5-6-16-17(13-15)29-20-21-30(27,28)12-11-24(16)20/h5-6,13-14H,1-4,7-12H2. The van der Waals surface area contributed by atoms with Crippen molar-refractivity contribution in [1.29, 1.82) is 0 Å². The first-order valence-corrected chi connectivity index (χ1v) is 12.8. The maximum Gasteiger partial charge on any atom is 0.257 e. The monoisotopic (exact) mass is 448 g/mol. The van der Waals surface area contributed by atoms with Crippen molar-refractivity contribution in [2.75, 3.05) is 43.4 Å². The Kier molecular flexibility index (Phi) is 5.01. The van der Waals surface area contributed by atoms with E-state index in [4.69, 9.17) is 0 Å². The molecule has 8 nitrogen and oxygen atoms in total. The molecule has 0 atom stereocenters. The van der Waals surface area contributed by atoms with E-state index in [1.54, 1.807) is 11.0 Å². The average Bonchev–Trinajstić information content (AvgIpc) is 3.39. The summed E-state index contributed by atoms with van der Waals surface area (Å²) in [4.78, 5) is 32.1. The lowest BCUT2D eigenvalue weighted by Crippen LogP contribution is -2.51. The molecular formula is C20H24N4O4S2. The molecule has 0 radical (unpaired) electrons. The number of fused-ring (bicyclic) bond motifs is 3. The van der Waals surface area contributed by atoms with E-state index in [9.17, 15) is 18.0 Å². The zero-order valence-corrected chi connectivity index (χ0v) is 18.3. The van der Waals surface area contributed by atoms with Gasteiger partial charge in [0.25, 0.3) is 15.9 Å². The van der Waals surface area contributed by atoms with Gasteiger partial charge in [0.15, 0.2) is 5.17 Å². The Hall–Kier alpha value is -2.07. The summed E-state index contributed by atoms with van der Waals surface area (Å²) in [5.74, 6) is 0.374. The predicted molar refractivity (Wildman–Crippen MR) is 115 cm³/mol.